The number of anilines is 2. The lowest BCUT2D eigenvalue weighted by Gasteiger charge is -2.17. The highest BCUT2D eigenvalue weighted by molar-refractivity contribution is 5.47. The summed E-state index contributed by atoms with van der Waals surface area (Å²) in [6.07, 6.45) is 4.14. The minimum atomic E-state index is 0.581. The van der Waals surface area contributed by atoms with E-state index in [1.807, 2.05) is 13.1 Å². The van der Waals surface area contributed by atoms with Crippen molar-refractivity contribution in [2.24, 2.45) is 0 Å². The fourth-order valence-electron chi connectivity index (χ4n) is 1.97. The minimum Gasteiger partial charge on any atom is -0.368 e. The van der Waals surface area contributed by atoms with Crippen molar-refractivity contribution in [2.45, 2.75) is 25.8 Å². The highest BCUT2D eigenvalue weighted by Crippen LogP contribution is 2.13. The zero-order chi connectivity index (χ0) is 12.1. The molecule has 1 fully saturated rings. The first-order valence-electron chi connectivity index (χ1n) is 6.30. The van der Waals surface area contributed by atoms with Crippen LogP contribution >= 0.6 is 0 Å². The average molecular weight is 235 g/mol. The van der Waals surface area contributed by atoms with Crippen molar-refractivity contribution in [3.63, 3.8) is 0 Å². The molecule has 2 rings (SSSR count). The van der Waals surface area contributed by atoms with Gasteiger partial charge in [-0.15, -0.1) is 0 Å². The molecule has 1 aliphatic heterocycles. The monoisotopic (exact) mass is 235 g/mol. The maximum Gasteiger partial charge on any atom is 0.133 e. The summed E-state index contributed by atoms with van der Waals surface area (Å²) in [5.41, 5.74) is 0. The van der Waals surface area contributed by atoms with Crippen molar-refractivity contribution in [3.05, 3.63) is 12.4 Å². The number of hydrogen-bond acceptors (Lipinski definition) is 5. The Kier molecular flexibility index (Phi) is 4.14. The molecule has 2 N–H and O–H groups in total. The van der Waals surface area contributed by atoms with Gasteiger partial charge in [-0.25, -0.2) is 9.97 Å². The Labute approximate surface area is 103 Å². The van der Waals surface area contributed by atoms with Crippen LogP contribution in [0.1, 0.15) is 19.8 Å². The van der Waals surface area contributed by atoms with Crippen LogP contribution in [-0.2, 0) is 0 Å². The quantitative estimate of drug-likeness (QED) is 0.800. The van der Waals surface area contributed by atoms with Crippen LogP contribution in [0.25, 0.3) is 0 Å². The van der Waals surface area contributed by atoms with Gasteiger partial charge in [-0.3, -0.25) is 0 Å². The molecule has 1 aromatic heterocycles. The molecule has 1 unspecified atom stereocenters. The number of aromatic nitrogens is 2. The second-order valence-corrected chi connectivity index (χ2v) is 4.45. The maximum absolute atomic E-state index is 4.25. The Morgan fingerprint density at radius 1 is 1.53 bits per heavy atom. The van der Waals surface area contributed by atoms with E-state index < -0.39 is 0 Å². The second kappa shape index (κ2) is 5.82. The van der Waals surface area contributed by atoms with Gasteiger partial charge in [-0.05, 0) is 26.3 Å². The molecular weight excluding hydrogens is 214 g/mol. The summed E-state index contributed by atoms with van der Waals surface area (Å²) in [5, 5.41) is 6.82. The van der Waals surface area contributed by atoms with Crippen LogP contribution in [0.3, 0.4) is 0 Å². The van der Waals surface area contributed by atoms with Crippen LogP contribution in [0.4, 0.5) is 11.6 Å². The lowest BCUT2D eigenvalue weighted by molar-refractivity contribution is 0.632. The van der Waals surface area contributed by atoms with Crippen molar-refractivity contribution in [3.8, 4) is 0 Å². The number of nitrogens with zero attached hydrogens (tertiary/aromatic N) is 3. The maximum atomic E-state index is 4.25. The van der Waals surface area contributed by atoms with Crippen molar-refractivity contribution in [2.75, 3.05) is 36.9 Å². The van der Waals surface area contributed by atoms with Gasteiger partial charge < -0.3 is 15.5 Å². The van der Waals surface area contributed by atoms with Gasteiger partial charge in [0.2, 0.25) is 0 Å². The van der Waals surface area contributed by atoms with Crippen LogP contribution in [0.15, 0.2) is 12.4 Å². The number of rotatable bonds is 5. The molecule has 5 heteroatoms. The molecule has 1 saturated heterocycles. The smallest absolute Gasteiger partial charge is 0.133 e. The molecule has 2 heterocycles. The third-order valence-corrected chi connectivity index (χ3v) is 3.21. The van der Waals surface area contributed by atoms with E-state index in [1.165, 1.54) is 12.8 Å². The predicted octanol–water partition coefficient (Wildman–Crippen LogP) is 1.10. The summed E-state index contributed by atoms with van der Waals surface area (Å²) in [6.45, 7) is 5.13. The molecule has 0 saturated carbocycles. The van der Waals surface area contributed by atoms with E-state index >= 15 is 0 Å². The van der Waals surface area contributed by atoms with Gasteiger partial charge in [0.15, 0.2) is 0 Å². The number of hydrogen-bond donors (Lipinski definition) is 2. The molecule has 0 amide bonds. The van der Waals surface area contributed by atoms with Crippen molar-refractivity contribution in [1.29, 1.82) is 0 Å². The molecule has 94 valence electrons. The fraction of sp³-hybridized carbons (Fsp3) is 0.667. The zero-order valence-electron chi connectivity index (χ0n) is 10.6. The van der Waals surface area contributed by atoms with E-state index in [4.69, 9.17) is 0 Å². The largest absolute Gasteiger partial charge is 0.368 e. The van der Waals surface area contributed by atoms with Crippen LogP contribution in [-0.4, -0.2) is 42.7 Å². The standard InChI is InChI=1S/C12H21N5/c1-3-17(2)12-7-11(15-9-16-12)14-8-10-5-4-6-13-10/h7,9-10,13H,3-6,8H2,1-2H3,(H,14,15,16). The normalized spacial score (nSPS) is 19.3. The Hall–Kier alpha value is -1.36. The summed E-state index contributed by atoms with van der Waals surface area (Å²) < 4.78 is 0. The Morgan fingerprint density at radius 2 is 2.41 bits per heavy atom. The predicted molar refractivity (Wildman–Crippen MR) is 70.5 cm³/mol. The van der Waals surface area contributed by atoms with Gasteiger partial charge in [-0.2, -0.15) is 0 Å². The van der Waals surface area contributed by atoms with Gasteiger partial charge in [0, 0.05) is 32.2 Å². The molecule has 1 aliphatic rings. The molecule has 0 radical (unpaired) electrons. The summed E-state index contributed by atoms with van der Waals surface area (Å²) in [5.74, 6) is 1.87. The number of nitrogens with one attached hydrogen (secondary N) is 2. The van der Waals surface area contributed by atoms with E-state index in [-0.39, 0.29) is 0 Å². The molecule has 0 bridgehead atoms. The molecule has 0 spiro atoms. The molecule has 1 atom stereocenters. The van der Waals surface area contributed by atoms with Crippen LogP contribution in [0, 0.1) is 0 Å². The molecule has 0 aliphatic carbocycles. The third kappa shape index (κ3) is 3.30. The third-order valence-electron chi connectivity index (χ3n) is 3.21. The molecular formula is C12H21N5. The topological polar surface area (TPSA) is 53.1 Å². The van der Waals surface area contributed by atoms with Gasteiger partial charge >= 0.3 is 0 Å². The minimum absolute atomic E-state index is 0.581. The molecule has 0 aromatic carbocycles. The Bertz CT molecular complexity index is 349. The highest BCUT2D eigenvalue weighted by Gasteiger charge is 2.13. The summed E-state index contributed by atoms with van der Waals surface area (Å²) in [7, 11) is 2.03. The van der Waals surface area contributed by atoms with Crippen molar-refractivity contribution >= 4 is 11.6 Å². The van der Waals surface area contributed by atoms with Crippen LogP contribution in [0.5, 0.6) is 0 Å². The van der Waals surface area contributed by atoms with Gasteiger partial charge in [-0.1, -0.05) is 0 Å². The molecule has 17 heavy (non-hydrogen) atoms. The second-order valence-electron chi connectivity index (χ2n) is 4.45. The van der Waals surface area contributed by atoms with Gasteiger partial charge in [0.05, 0.1) is 0 Å². The first-order valence-corrected chi connectivity index (χ1v) is 6.30. The van der Waals surface area contributed by atoms with Crippen LogP contribution in [0.2, 0.25) is 0 Å². The Balaban J connectivity index is 1.91. The van der Waals surface area contributed by atoms with E-state index in [0.29, 0.717) is 6.04 Å². The van der Waals surface area contributed by atoms with E-state index in [2.05, 4.69) is 32.4 Å². The summed E-state index contributed by atoms with van der Waals surface area (Å²) in [4.78, 5) is 10.6. The lowest BCUT2D eigenvalue weighted by atomic mass is 10.2. The van der Waals surface area contributed by atoms with E-state index in [0.717, 1.165) is 31.3 Å². The van der Waals surface area contributed by atoms with Gasteiger partial charge in [0.1, 0.15) is 18.0 Å². The first kappa shape index (κ1) is 12.1. The van der Waals surface area contributed by atoms with Crippen LogP contribution < -0.4 is 15.5 Å². The fourth-order valence-corrected chi connectivity index (χ4v) is 1.97. The van der Waals surface area contributed by atoms with Gasteiger partial charge in [0.25, 0.3) is 0 Å². The molecule has 1 aromatic rings. The lowest BCUT2D eigenvalue weighted by Crippen LogP contribution is -2.29. The zero-order valence-corrected chi connectivity index (χ0v) is 10.6. The average Bonchev–Trinajstić information content (AvgIpc) is 2.89. The first-order chi connectivity index (χ1) is 8.29. The van der Waals surface area contributed by atoms with Crippen molar-refractivity contribution < 1.29 is 0 Å². The van der Waals surface area contributed by atoms with E-state index in [1.54, 1.807) is 6.33 Å². The SMILES string of the molecule is CCN(C)c1cc(NCC2CCCN2)ncn1. The molecule has 5 nitrogen and oxygen atoms in total. The summed E-state index contributed by atoms with van der Waals surface area (Å²) >= 11 is 0. The summed E-state index contributed by atoms with van der Waals surface area (Å²) in [6, 6.07) is 2.58. The highest BCUT2D eigenvalue weighted by atomic mass is 15.2. The van der Waals surface area contributed by atoms with Crippen molar-refractivity contribution in [1.82, 2.24) is 15.3 Å². The Morgan fingerprint density at radius 3 is 3.12 bits per heavy atom. The van der Waals surface area contributed by atoms with E-state index in [9.17, 15) is 0 Å².